The minimum atomic E-state index is -1.23. The summed E-state index contributed by atoms with van der Waals surface area (Å²) >= 11 is 0. The van der Waals surface area contributed by atoms with E-state index < -0.39 is 20.9 Å². The van der Waals surface area contributed by atoms with Gasteiger partial charge in [-0.15, -0.1) is 0 Å². The number of carbonyl (C=O) groups is 3. The maximum Gasteiger partial charge on any atom is 0.412 e. The third-order valence-electron chi connectivity index (χ3n) is 6.58. The van der Waals surface area contributed by atoms with Crippen LogP contribution in [0.3, 0.4) is 0 Å². The van der Waals surface area contributed by atoms with Gasteiger partial charge in [0, 0.05) is 19.5 Å². The number of imide groups is 1. The van der Waals surface area contributed by atoms with E-state index in [2.05, 4.69) is 27.4 Å². The normalized spacial score (nSPS) is 23.0. The molecule has 0 spiro atoms. The van der Waals surface area contributed by atoms with E-state index >= 15 is 0 Å². The molecule has 1 fully saturated rings. The maximum absolute atomic E-state index is 13.1. The lowest BCUT2D eigenvalue weighted by Gasteiger charge is -2.40. The van der Waals surface area contributed by atoms with Gasteiger partial charge in [0.15, 0.2) is 5.72 Å². The Balaban J connectivity index is 1.96. The molecule has 1 aromatic carbocycles. The Bertz CT molecular complexity index is 978. The predicted molar refractivity (Wildman–Crippen MR) is 133 cm³/mol. The number of rotatable bonds is 7. The molecule has 0 aliphatic carbocycles. The van der Waals surface area contributed by atoms with E-state index in [-0.39, 0.29) is 36.3 Å². The van der Waals surface area contributed by atoms with Crippen LogP contribution in [0.4, 0.5) is 4.79 Å². The maximum atomic E-state index is 13.1. The number of benzene rings is 1. The molecular weight excluding hydrogens is 448 g/mol. The molecule has 0 saturated carbocycles. The molecular formula is C26H35N2O5Si. The Hall–Kier alpha value is -2.71. The highest BCUT2D eigenvalue weighted by Gasteiger charge is 2.53. The standard InChI is InChI=1S/C26H35N2O5Si/c1-8-15-32-24(31)28-17-19(25(3,4)5)16-26(28,33-34(6)7)18(2)13-14-27-22(29)20-11-9-10-12-21(20)23(27)30/h8-13,19H,1,14-17H2,2-7H3/t19-,26-/m0/s1. The highest BCUT2D eigenvalue weighted by molar-refractivity contribution is 6.48. The van der Waals surface area contributed by atoms with Crippen LogP contribution in [-0.4, -0.2) is 62.2 Å². The first-order chi connectivity index (χ1) is 15.9. The number of ether oxygens (including phenoxy) is 1. The van der Waals surface area contributed by atoms with Gasteiger partial charge in [-0.3, -0.25) is 19.4 Å². The van der Waals surface area contributed by atoms with Crippen LogP contribution in [0.1, 0.15) is 54.8 Å². The van der Waals surface area contributed by atoms with Crippen LogP contribution in [0.15, 0.2) is 48.6 Å². The van der Waals surface area contributed by atoms with Crippen LogP contribution in [0.2, 0.25) is 13.1 Å². The van der Waals surface area contributed by atoms with Gasteiger partial charge in [0.2, 0.25) is 9.04 Å². The molecule has 0 N–H and O–H groups in total. The van der Waals surface area contributed by atoms with Crippen molar-refractivity contribution in [2.24, 2.45) is 11.3 Å². The summed E-state index contributed by atoms with van der Waals surface area (Å²) in [5, 5.41) is 0. The van der Waals surface area contributed by atoms with E-state index in [0.29, 0.717) is 24.1 Å². The van der Waals surface area contributed by atoms with Gasteiger partial charge < -0.3 is 9.16 Å². The third-order valence-corrected chi connectivity index (χ3v) is 7.33. The van der Waals surface area contributed by atoms with Crippen LogP contribution in [0, 0.1) is 11.3 Å². The first-order valence-electron chi connectivity index (χ1n) is 11.6. The Kier molecular flexibility index (Phi) is 7.52. The zero-order valence-corrected chi connectivity index (χ0v) is 22.0. The van der Waals surface area contributed by atoms with Crippen LogP contribution >= 0.6 is 0 Å². The second-order valence-corrected chi connectivity index (χ2v) is 12.2. The van der Waals surface area contributed by atoms with Gasteiger partial charge >= 0.3 is 6.09 Å². The summed E-state index contributed by atoms with van der Waals surface area (Å²) in [4.78, 5) is 41.7. The van der Waals surface area contributed by atoms with Crippen LogP contribution < -0.4 is 0 Å². The van der Waals surface area contributed by atoms with Gasteiger partial charge in [0.05, 0.1) is 11.1 Å². The predicted octanol–water partition coefficient (Wildman–Crippen LogP) is 4.88. The fourth-order valence-corrected chi connectivity index (χ4v) is 5.60. The highest BCUT2D eigenvalue weighted by atomic mass is 28.3. The molecule has 0 bridgehead atoms. The van der Waals surface area contributed by atoms with Gasteiger partial charge in [-0.2, -0.15) is 0 Å². The number of hydrogen-bond acceptors (Lipinski definition) is 5. The zero-order chi connectivity index (χ0) is 25.3. The Labute approximate surface area is 204 Å². The average Bonchev–Trinajstić information content (AvgIpc) is 3.27. The molecule has 183 valence electrons. The molecule has 2 aliphatic heterocycles. The van der Waals surface area contributed by atoms with E-state index in [4.69, 9.17) is 9.16 Å². The van der Waals surface area contributed by atoms with Crippen molar-refractivity contribution in [3.63, 3.8) is 0 Å². The highest BCUT2D eigenvalue weighted by Crippen LogP contribution is 2.47. The molecule has 2 atom stereocenters. The minimum absolute atomic E-state index is 0.0563. The van der Waals surface area contributed by atoms with Crippen molar-refractivity contribution < 1.29 is 23.5 Å². The molecule has 8 heteroatoms. The van der Waals surface area contributed by atoms with Crippen LogP contribution in [-0.2, 0) is 9.16 Å². The van der Waals surface area contributed by atoms with Crippen molar-refractivity contribution in [2.45, 2.75) is 52.9 Å². The van der Waals surface area contributed by atoms with E-state index in [0.717, 1.165) is 5.57 Å². The SMILES string of the molecule is C=CCOC(=O)N1C[C@@H](C(C)(C)C)C[C@]1(O[Si](C)C)C(C)=CCN1C(=O)c2ccccc2C1=O. The minimum Gasteiger partial charge on any atom is -0.445 e. The van der Waals surface area contributed by atoms with Crippen molar-refractivity contribution in [3.8, 4) is 0 Å². The fourth-order valence-electron chi connectivity index (χ4n) is 4.57. The van der Waals surface area contributed by atoms with Crippen LogP contribution in [0.25, 0.3) is 0 Å². The van der Waals surface area contributed by atoms with Crippen molar-refractivity contribution >= 4 is 26.9 Å². The second-order valence-electron chi connectivity index (χ2n) is 10.2. The van der Waals surface area contributed by atoms with E-state index in [1.807, 2.05) is 26.1 Å². The van der Waals surface area contributed by atoms with Gasteiger partial charge in [-0.25, -0.2) is 4.79 Å². The van der Waals surface area contributed by atoms with Crippen LogP contribution in [0.5, 0.6) is 0 Å². The molecule has 1 aromatic rings. The molecule has 7 nitrogen and oxygen atoms in total. The lowest BCUT2D eigenvalue weighted by atomic mass is 9.78. The summed E-state index contributed by atoms with van der Waals surface area (Å²) in [7, 11) is -1.23. The molecule has 34 heavy (non-hydrogen) atoms. The monoisotopic (exact) mass is 483 g/mol. The topological polar surface area (TPSA) is 76.2 Å². The van der Waals surface area contributed by atoms with Gasteiger partial charge in [0.1, 0.15) is 6.61 Å². The van der Waals surface area contributed by atoms with Crippen molar-refractivity contribution in [2.75, 3.05) is 19.7 Å². The smallest absolute Gasteiger partial charge is 0.412 e. The fraction of sp³-hybridized carbons (Fsp3) is 0.500. The number of carbonyl (C=O) groups excluding carboxylic acids is 3. The summed E-state index contributed by atoms with van der Waals surface area (Å²) in [5.41, 5.74) is 0.574. The van der Waals surface area contributed by atoms with E-state index in [1.54, 1.807) is 29.2 Å². The lowest BCUT2D eigenvalue weighted by Crippen LogP contribution is -2.52. The second kappa shape index (κ2) is 9.88. The number of hydrogen-bond donors (Lipinski definition) is 0. The van der Waals surface area contributed by atoms with Gasteiger partial charge in [-0.1, -0.05) is 51.6 Å². The Morgan fingerprint density at radius 1 is 1.21 bits per heavy atom. The van der Waals surface area contributed by atoms with Crippen molar-refractivity contribution in [1.29, 1.82) is 0 Å². The largest absolute Gasteiger partial charge is 0.445 e. The molecule has 1 radical (unpaired) electrons. The molecule has 0 unspecified atom stereocenters. The third kappa shape index (κ3) is 4.88. The molecule has 3 amide bonds. The summed E-state index contributed by atoms with van der Waals surface area (Å²) in [6.45, 7) is 16.8. The number of nitrogens with zero attached hydrogens (tertiary/aromatic N) is 2. The van der Waals surface area contributed by atoms with Crippen molar-refractivity contribution in [3.05, 3.63) is 59.7 Å². The first kappa shape index (κ1) is 25.9. The average molecular weight is 484 g/mol. The number of likely N-dealkylation sites (tertiary alicyclic amines) is 1. The van der Waals surface area contributed by atoms with Gasteiger partial charge in [0.25, 0.3) is 11.8 Å². The molecule has 2 aliphatic rings. The quantitative estimate of drug-likeness (QED) is 0.314. The Morgan fingerprint density at radius 2 is 1.79 bits per heavy atom. The number of fused-ring (bicyclic) bond motifs is 1. The summed E-state index contributed by atoms with van der Waals surface area (Å²) in [5.74, 6) is -0.444. The first-order valence-corrected chi connectivity index (χ1v) is 14.0. The summed E-state index contributed by atoms with van der Waals surface area (Å²) in [6, 6.07) is 6.84. The Morgan fingerprint density at radius 3 is 2.29 bits per heavy atom. The molecule has 3 rings (SSSR count). The van der Waals surface area contributed by atoms with E-state index in [9.17, 15) is 14.4 Å². The zero-order valence-electron chi connectivity index (χ0n) is 21.0. The van der Waals surface area contributed by atoms with Crippen molar-refractivity contribution in [1.82, 2.24) is 9.80 Å². The molecule has 2 heterocycles. The van der Waals surface area contributed by atoms with E-state index in [1.165, 1.54) is 11.0 Å². The summed E-state index contributed by atoms with van der Waals surface area (Å²) in [6.07, 6.45) is 3.53. The van der Waals surface area contributed by atoms with Gasteiger partial charge in [-0.05, 0) is 49.1 Å². The molecule has 0 aromatic heterocycles. The summed E-state index contributed by atoms with van der Waals surface area (Å²) < 4.78 is 12.0. The molecule has 1 saturated heterocycles. The number of amides is 3. The lowest BCUT2D eigenvalue weighted by molar-refractivity contribution is -0.0224.